The van der Waals surface area contributed by atoms with E-state index >= 15 is 0 Å². The molecule has 6 nitrogen and oxygen atoms in total. The normalized spacial score (nSPS) is 10.2. The molecule has 0 atom stereocenters. The minimum Gasteiger partial charge on any atom is -0.359 e. The van der Waals surface area contributed by atoms with E-state index in [9.17, 15) is 4.79 Å². The molecule has 2 aromatic heterocycles. The summed E-state index contributed by atoms with van der Waals surface area (Å²) in [5.41, 5.74) is 4.26. The third-order valence-corrected chi connectivity index (χ3v) is 3.01. The molecule has 1 amide bonds. The first-order chi connectivity index (χ1) is 10.8. The minimum atomic E-state index is -0.235. The van der Waals surface area contributed by atoms with Crippen LogP contribution in [0.15, 0.2) is 67.4 Å². The Morgan fingerprint density at radius 3 is 2.68 bits per heavy atom. The number of hydrogen-bond acceptors (Lipinski definition) is 4. The molecule has 0 spiro atoms. The molecule has 0 saturated heterocycles. The van der Waals surface area contributed by atoms with Crippen LogP contribution in [-0.4, -0.2) is 20.4 Å². The highest BCUT2D eigenvalue weighted by molar-refractivity contribution is 5.77. The van der Waals surface area contributed by atoms with Gasteiger partial charge in [0.05, 0.1) is 12.7 Å². The van der Waals surface area contributed by atoms with Gasteiger partial charge in [-0.05, 0) is 23.8 Å². The second kappa shape index (κ2) is 6.53. The molecule has 0 unspecified atom stereocenters. The van der Waals surface area contributed by atoms with Crippen molar-refractivity contribution in [2.24, 2.45) is 0 Å². The molecule has 0 bridgehead atoms. The summed E-state index contributed by atoms with van der Waals surface area (Å²) in [6.07, 6.45) is 7.13. The molecule has 1 aromatic carbocycles. The van der Waals surface area contributed by atoms with Crippen LogP contribution in [0.4, 0.5) is 0 Å². The highest BCUT2D eigenvalue weighted by Crippen LogP contribution is 2.10. The second-order valence-electron chi connectivity index (χ2n) is 4.61. The average molecular weight is 294 g/mol. The van der Waals surface area contributed by atoms with Crippen molar-refractivity contribution in [1.29, 1.82) is 0 Å². The van der Waals surface area contributed by atoms with Crippen LogP contribution in [0.3, 0.4) is 0 Å². The Morgan fingerprint density at radius 2 is 2.00 bits per heavy atom. The quantitative estimate of drug-likeness (QED) is 0.730. The Bertz CT molecular complexity index is 725. The minimum absolute atomic E-state index is 0.233. The Kier molecular flexibility index (Phi) is 4.10. The van der Waals surface area contributed by atoms with E-state index in [0.717, 1.165) is 11.3 Å². The van der Waals surface area contributed by atoms with E-state index < -0.39 is 0 Å². The molecule has 0 radical (unpaired) electrons. The van der Waals surface area contributed by atoms with E-state index in [1.165, 1.54) is 0 Å². The summed E-state index contributed by atoms with van der Waals surface area (Å²) >= 11 is 0. The lowest BCUT2D eigenvalue weighted by molar-refractivity contribution is -0.127. The number of carbonyl (C=O) groups excluding carboxylic acids is 1. The maximum absolute atomic E-state index is 11.8. The van der Waals surface area contributed by atoms with Gasteiger partial charge in [0.25, 0.3) is 5.91 Å². The summed E-state index contributed by atoms with van der Waals surface area (Å²) < 4.78 is 1.90. The van der Waals surface area contributed by atoms with Crippen molar-refractivity contribution in [2.45, 2.75) is 6.42 Å². The lowest BCUT2D eigenvalue weighted by Gasteiger charge is -2.07. The van der Waals surface area contributed by atoms with Crippen molar-refractivity contribution < 1.29 is 9.63 Å². The predicted octanol–water partition coefficient (Wildman–Crippen LogP) is 1.92. The zero-order chi connectivity index (χ0) is 15.2. The van der Waals surface area contributed by atoms with Crippen LogP contribution in [0.25, 0.3) is 5.69 Å². The van der Waals surface area contributed by atoms with Gasteiger partial charge in [-0.1, -0.05) is 18.2 Å². The van der Waals surface area contributed by atoms with Gasteiger partial charge in [-0.25, -0.2) is 9.97 Å². The van der Waals surface area contributed by atoms with Gasteiger partial charge in [0, 0.05) is 30.3 Å². The van der Waals surface area contributed by atoms with Crippen molar-refractivity contribution in [2.75, 3.05) is 0 Å². The first-order valence-electron chi connectivity index (χ1n) is 6.75. The molecular weight excluding hydrogens is 280 g/mol. The van der Waals surface area contributed by atoms with Crippen LogP contribution < -0.4 is 10.3 Å². The Hall–Kier alpha value is -3.15. The number of nitrogens with one attached hydrogen (secondary N) is 1. The summed E-state index contributed by atoms with van der Waals surface area (Å²) in [6.45, 7) is 0. The molecule has 0 fully saturated rings. The molecule has 0 saturated carbocycles. The molecule has 6 heteroatoms. The Balaban J connectivity index is 1.55. The van der Waals surface area contributed by atoms with Crippen LogP contribution >= 0.6 is 0 Å². The summed E-state index contributed by atoms with van der Waals surface area (Å²) in [5, 5.41) is 0. The van der Waals surface area contributed by atoms with E-state index in [4.69, 9.17) is 4.84 Å². The van der Waals surface area contributed by atoms with Gasteiger partial charge >= 0.3 is 0 Å². The number of hydroxylamine groups is 1. The topological polar surface area (TPSA) is 69.0 Å². The van der Waals surface area contributed by atoms with Crippen molar-refractivity contribution in [1.82, 2.24) is 20.0 Å². The predicted molar refractivity (Wildman–Crippen MR) is 80.3 cm³/mol. The van der Waals surface area contributed by atoms with Gasteiger partial charge in [-0.2, -0.15) is 5.48 Å². The Labute approximate surface area is 127 Å². The van der Waals surface area contributed by atoms with Crippen LogP contribution in [0.5, 0.6) is 5.88 Å². The average Bonchev–Trinajstić information content (AvgIpc) is 3.09. The fourth-order valence-corrected chi connectivity index (χ4v) is 1.94. The fraction of sp³-hybridized carbons (Fsp3) is 0.0625. The summed E-state index contributed by atoms with van der Waals surface area (Å²) in [6, 6.07) is 12.9. The molecule has 22 heavy (non-hydrogen) atoms. The number of carbonyl (C=O) groups is 1. The molecule has 2 heterocycles. The smallest absolute Gasteiger partial charge is 0.257 e. The number of aromatic nitrogens is 3. The molecule has 0 aliphatic carbocycles. The largest absolute Gasteiger partial charge is 0.359 e. The number of hydrogen-bond donors (Lipinski definition) is 1. The van der Waals surface area contributed by atoms with E-state index in [0.29, 0.717) is 5.88 Å². The first kappa shape index (κ1) is 13.8. The summed E-state index contributed by atoms with van der Waals surface area (Å²) in [5.74, 6) is 0.118. The molecule has 110 valence electrons. The number of amides is 1. The first-order valence-corrected chi connectivity index (χ1v) is 6.75. The van der Waals surface area contributed by atoms with Gasteiger partial charge in [-0.3, -0.25) is 4.79 Å². The molecular formula is C16H14N4O2. The maximum Gasteiger partial charge on any atom is 0.257 e. The van der Waals surface area contributed by atoms with Crippen molar-refractivity contribution in [3.63, 3.8) is 0 Å². The molecule has 3 aromatic rings. The van der Waals surface area contributed by atoms with Crippen LogP contribution in [0.2, 0.25) is 0 Å². The zero-order valence-corrected chi connectivity index (χ0v) is 11.7. The van der Waals surface area contributed by atoms with Gasteiger partial charge in [0.1, 0.15) is 0 Å². The highest BCUT2D eigenvalue weighted by Gasteiger charge is 2.05. The van der Waals surface area contributed by atoms with Crippen molar-refractivity contribution in [3.8, 4) is 11.6 Å². The molecule has 3 rings (SSSR count). The second-order valence-corrected chi connectivity index (χ2v) is 4.61. The lowest BCUT2D eigenvalue weighted by atomic mass is 10.1. The molecule has 0 aliphatic rings. The fourth-order valence-electron chi connectivity index (χ4n) is 1.94. The van der Waals surface area contributed by atoms with Gasteiger partial charge in [0.2, 0.25) is 5.88 Å². The number of rotatable bonds is 5. The van der Waals surface area contributed by atoms with Crippen LogP contribution in [0.1, 0.15) is 5.56 Å². The van der Waals surface area contributed by atoms with Crippen molar-refractivity contribution >= 4 is 5.91 Å². The van der Waals surface area contributed by atoms with E-state index in [1.54, 1.807) is 36.9 Å². The lowest BCUT2D eigenvalue weighted by Crippen LogP contribution is -2.28. The third-order valence-electron chi connectivity index (χ3n) is 3.01. The maximum atomic E-state index is 11.8. The van der Waals surface area contributed by atoms with E-state index in [2.05, 4.69) is 15.4 Å². The van der Waals surface area contributed by atoms with E-state index in [-0.39, 0.29) is 12.3 Å². The van der Waals surface area contributed by atoms with Crippen LogP contribution in [0, 0.1) is 0 Å². The standard InChI is InChI=1S/C16H14N4O2/c21-15(19-22-16-3-1-2-8-18-16)11-13-4-6-14(7-5-13)20-10-9-17-12-20/h1-10,12H,11H2,(H,19,21). The zero-order valence-electron chi connectivity index (χ0n) is 11.7. The van der Waals surface area contributed by atoms with Crippen molar-refractivity contribution in [3.05, 3.63) is 72.9 Å². The monoisotopic (exact) mass is 294 g/mol. The third kappa shape index (κ3) is 3.49. The number of pyridine rings is 1. The van der Waals surface area contributed by atoms with Crippen LogP contribution in [-0.2, 0) is 11.2 Å². The van der Waals surface area contributed by atoms with E-state index in [1.807, 2.05) is 35.0 Å². The molecule has 0 aliphatic heterocycles. The van der Waals surface area contributed by atoms with Gasteiger partial charge in [-0.15, -0.1) is 0 Å². The SMILES string of the molecule is O=C(Cc1ccc(-n2ccnc2)cc1)NOc1ccccn1. The number of imidazole rings is 1. The van der Waals surface area contributed by atoms with Gasteiger partial charge in [0.15, 0.2) is 0 Å². The summed E-state index contributed by atoms with van der Waals surface area (Å²) in [4.78, 5) is 24.9. The Morgan fingerprint density at radius 1 is 1.14 bits per heavy atom. The number of nitrogens with zero attached hydrogens (tertiary/aromatic N) is 3. The number of benzene rings is 1. The summed E-state index contributed by atoms with van der Waals surface area (Å²) in [7, 11) is 0. The van der Waals surface area contributed by atoms with Gasteiger partial charge < -0.3 is 9.40 Å². The highest BCUT2D eigenvalue weighted by atomic mass is 16.7. The molecule has 1 N–H and O–H groups in total.